The lowest BCUT2D eigenvalue weighted by Gasteiger charge is -2.12. The van der Waals surface area contributed by atoms with Crippen molar-refractivity contribution in [2.75, 3.05) is 19.8 Å². The van der Waals surface area contributed by atoms with Crippen molar-refractivity contribution in [2.45, 2.75) is 31.7 Å². The van der Waals surface area contributed by atoms with E-state index in [-0.39, 0.29) is 6.61 Å². The van der Waals surface area contributed by atoms with Crippen LogP contribution in [0.15, 0.2) is 4.99 Å². The molecule has 1 amide bonds. The summed E-state index contributed by atoms with van der Waals surface area (Å²) in [6.07, 6.45) is 4.84. The molecule has 1 rings (SSSR count). The molecule has 1 saturated carbocycles. The molecular weight excluding hydrogens is 208 g/mol. The van der Waals surface area contributed by atoms with E-state index in [4.69, 9.17) is 16.2 Å². The third-order valence-electron chi connectivity index (χ3n) is 2.47. The molecule has 0 radical (unpaired) electrons. The second-order valence-corrected chi connectivity index (χ2v) is 3.91. The monoisotopic (exact) mass is 228 g/mol. The molecule has 0 aromatic carbocycles. The van der Waals surface area contributed by atoms with Crippen LogP contribution >= 0.6 is 0 Å². The van der Waals surface area contributed by atoms with Crippen LogP contribution < -0.4 is 16.8 Å². The van der Waals surface area contributed by atoms with E-state index < -0.39 is 5.91 Å². The van der Waals surface area contributed by atoms with Crippen molar-refractivity contribution in [3.8, 4) is 0 Å². The van der Waals surface area contributed by atoms with E-state index in [1.165, 1.54) is 12.8 Å². The van der Waals surface area contributed by atoms with Gasteiger partial charge in [0.25, 0.3) is 0 Å². The first kappa shape index (κ1) is 12.8. The second-order valence-electron chi connectivity index (χ2n) is 3.91. The Morgan fingerprint density at radius 3 is 2.69 bits per heavy atom. The summed E-state index contributed by atoms with van der Waals surface area (Å²) in [5.74, 6) is -0.0180. The van der Waals surface area contributed by atoms with Gasteiger partial charge in [0.05, 0.1) is 13.2 Å². The summed E-state index contributed by atoms with van der Waals surface area (Å²) in [5.41, 5.74) is 10.6. The number of primary amides is 1. The number of nitrogens with one attached hydrogen (secondary N) is 1. The van der Waals surface area contributed by atoms with Gasteiger partial charge in [-0.3, -0.25) is 9.79 Å². The normalized spacial score (nSPS) is 17.6. The van der Waals surface area contributed by atoms with Gasteiger partial charge < -0.3 is 21.5 Å². The molecule has 0 saturated heterocycles. The van der Waals surface area contributed by atoms with Crippen LogP contribution in [0.5, 0.6) is 0 Å². The molecule has 0 aliphatic heterocycles. The maximum atomic E-state index is 10.4. The van der Waals surface area contributed by atoms with Crippen molar-refractivity contribution in [3.05, 3.63) is 0 Å². The van der Waals surface area contributed by atoms with Crippen LogP contribution in [0.25, 0.3) is 0 Å². The number of carbonyl (C=O) groups is 1. The summed E-state index contributed by atoms with van der Waals surface area (Å²) >= 11 is 0. The number of hydrogen-bond donors (Lipinski definition) is 3. The summed E-state index contributed by atoms with van der Waals surface area (Å²) in [4.78, 5) is 14.4. The van der Waals surface area contributed by atoms with E-state index in [0.29, 0.717) is 25.2 Å². The van der Waals surface area contributed by atoms with Gasteiger partial charge in [0.15, 0.2) is 5.96 Å². The lowest BCUT2D eigenvalue weighted by atomic mass is 10.2. The third kappa shape index (κ3) is 5.55. The van der Waals surface area contributed by atoms with Gasteiger partial charge in [0.2, 0.25) is 5.91 Å². The molecule has 0 unspecified atom stereocenters. The van der Waals surface area contributed by atoms with Gasteiger partial charge >= 0.3 is 0 Å². The molecule has 0 atom stereocenters. The van der Waals surface area contributed by atoms with E-state index in [0.717, 1.165) is 12.8 Å². The zero-order valence-corrected chi connectivity index (χ0v) is 9.45. The number of aliphatic imine (C=N–C) groups is 1. The van der Waals surface area contributed by atoms with Gasteiger partial charge in [-0.25, -0.2) is 0 Å². The van der Waals surface area contributed by atoms with Crippen molar-refractivity contribution in [2.24, 2.45) is 16.5 Å². The SMILES string of the molecule is NC(=O)COCCN=C(N)NC1CCCC1. The highest BCUT2D eigenvalue weighted by atomic mass is 16.5. The molecule has 1 aliphatic carbocycles. The zero-order valence-electron chi connectivity index (χ0n) is 9.45. The van der Waals surface area contributed by atoms with Crippen molar-refractivity contribution in [1.82, 2.24) is 5.32 Å². The van der Waals surface area contributed by atoms with Crippen LogP contribution in [0.2, 0.25) is 0 Å². The van der Waals surface area contributed by atoms with Crippen molar-refractivity contribution < 1.29 is 9.53 Å². The van der Waals surface area contributed by atoms with E-state index >= 15 is 0 Å². The lowest BCUT2D eigenvalue weighted by Crippen LogP contribution is -2.38. The Bertz CT molecular complexity index is 249. The number of nitrogens with two attached hydrogens (primary N) is 2. The first-order valence-corrected chi connectivity index (χ1v) is 5.61. The number of nitrogens with zero attached hydrogens (tertiary/aromatic N) is 1. The van der Waals surface area contributed by atoms with Crippen LogP contribution in [-0.2, 0) is 9.53 Å². The minimum Gasteiger partial charge on any atom is -0.370 e. The van der Waals surface area contributed by atoms with Crippen molar-refractivity contribution in [1.29, 1.82) is 0 Å². The smallest absolute Gasteiger partial charge is 0.243 e. The number of carbonyl (C=O) groups excluding carboxylic acids is 1. The van der Waals surface area contributed by atoms with Gasteiger partial charge in [-0.15, -0.1) is 0 Å². The topological polar surface area (TPSA) is 103 Å². The molecular formula is C10H20N4O2. The second kappa shape index (κ2) is 7.05. The first-order chi connectivity index (χ1) is 7.68. The van der Waals surface area contributed by atoms with Gasteiger partial charge in [0, 0.05) is 6.04 Å². The number of amides is 1. The van der Waals surface area contributed by atoms with Gasteiger partial charge in [-0.05, 0) is 12.8 Å². The Morgan fingerprint density at radius 1 is 1.38 bits per heavy atom. The summed E-state index contributed by atoms with van der Waals surface area (Å²) in [7, 11) is 0. The molecule has 1 aliphatic rings. The Kier molecular flexibility index (Phi) is 5.63. The van der Waals surface area contributed by atoms with E-state index in [9.17, 15) is 4.79 Å². The molecule has 0 bridgehead atoms. The van der Waals surface area contributed by atoms with Crippen molar-refractivity contribution >= 4 is 11.9 Å². The molecule has 6 nitrogen and oxygen atoms in total. The molecule has 0 aromatic rings. The Labute approximate surface area is 95.4 Å². The molecule has 0 spiro atoms. The average Bonchev–Trinajstić information content (AvgIpc) is 2.69. The highest BCUT2D eigenvalue weighted by Crippen LogP contribution is 2.17. The standard InChI is InChI=1S/C10H20N4O2/c11-9(15)7-16-6-5-13-10(12)14-8-3-1-2-4-8/h8H,1-7H2,(H2,11,15)(H3,12,13,14). The van der Waals surface area contributed by atoms with Crippen LogP contribution in [0.3, 0.4) is 0 Å². The largest absolute Gasteiger partial charge is 0.370 e. The number of hydrogen-bond acceptors (Lipinski definition) is 3. The van der Waals surface area contributed by atoms with Crippen molar-refractivity contribution in [3.63, 3.8) is 0 Å². The predicted octanol–water partition coefficient (Wildman–Crippen LogP) is -0.665. The van der Waals surface area contributed by atoms with Gasteiger partial charge in [-0.1, -0.05) is 12.8 Å². The molecule has 6 heteroatoms. The number of guanidine groups is 1. The summed E-state index contributed by atoms with van der Waals surface area (Å²) in [5, 5.41) is 3.16. The lowest BCUT2D eigenvalue weighted by molar-refractivity contribution is -0.122. The van der Waals surface area contributed by atoms with E-state index in [1.807, 2.05) is 0 Å². The molecule has 92 valence electrons. The number of rotatable bonds is 6. The Balaban J connectivity index is 2.06. The van der Waals surface area contributed by atoms with E-state index in [2.05, 4.69) is 10.3 Å². The van der Waals surface area contributed by atoms with E-state index in [1.54, 1.807) is 0 Å². The predicted molar refractivity (Wildman–Crippen MR) is 61.9 cm³/mol. The third-order valence-corrected chi connectivity index (χ3v) is 2.47. The highest BCUT2D eigenvalue weighted by Gasteiger charge is 2.14. The fourth-order valence-electron chi connectivity index (χ4n) is 1.73. The van der Waals surface area contributed by atoms with Gasteiger partial charge in [0.1, 0.15) is 6.61 Å². The minimum atomic E-state index is -0.471. The fraction of sp³-hybridized carbons (Fsp3) is 0.800. The Morgan fingerprint density at radius 2 is 2.06 bits per heavy atom. The quantitative estimate of drug-likeness (QED) is 0.319. The van der Waals surface area contributed by atoms with Crippen LogP contribution in [0.1, 0.15) is 25.7 Å². The first-order valence-electron chi connectivity index (χ1n) is 5.61. The minimum absolute atomic E-state index is 0.0640. The molecule has 0 heterocycles. The maximum absolute atomic E-state index is 10.4. The van der Waals surface area contributed by atoms with Crippen LogP contribution in [0, 0.1) is 0 Å². The zero-order chi connectivity index (χ0) is 11.8. The summed E-state index contributed by atoms with van der Waals surface area (Å²) in [6.45, 7) is 0.736. The molecule has 16 heavy (non-hydrogen) atoms. The highest BCUT2D eigenvalue weighted by molar-refractivity contribution is 5.78. The Hall–Kier alpha value is -1.30. The molecule has 1 fully saturated rings. The maximum Gasteiger partial charge on any atom is 0.243 e. The fourth-order valence-corrected chi connectivity index (χ4v) is 1.73. The average molecular weight is 228 g/mol. The van der Waals surface area contributed by atoms with Crippen LogP contribution in [0.4, 0.5) is 0 Å². The van der Waals surface area contributed by atoms with Crippen LogP contribution in [-0.4, -0.2) is 37.7 Å². The molecule has 0 aromatic heterocycles. The molecule has 5 N–H and O–H groups in total. The van der Waals surface area contributed by atoms with Gasteiger partial charge in [-0.2, -0.15) is 0 Å². The summed E-state index contributed by atoms with van der Waals surface area (Å²) < 4.78 is 4.95. The number of ether oxygens (including phenoxy) is 1. The summed E-state index contributed by atoms with van der Waals surface area (Å²) in [6, 6.07) is 0.468.